The topological polar surface area (TPSA) is 23.5 Å². The third-order valence-electron chi connectivity index (χ3n) is 5.00. The van der Waals surface area contributed by atoms with E-state index in [0.29, 0.717) is 12.0 Å². The number of likely N-dealkylation sites (tertiary alicyclic amines) is 1. The molecule has 1 aromatic carbocycles. The van der Waals surface area contributed by atoms with E-state index in [4.69, 9.17) is 0 Å². The number of aliphatic hydroxyl groups excluding tert-OH is 1. The molecule has 1 saturated carbocycles. The monoisotopic (exact) mass is 259 g/mol. The number of benzene rings is 1. The summed E-state index contributed by atoms with van der Waals surface area (Å²) in [5, 5.41) is 10.3. The van der Waals surface area contributed by atoms with Crippen LogP contribution in [0.2, 0.25) is 0 Å². The van der Waals surface area contributed by atoms with Gasteiger partial charge in [0.25, 0.3) is 0 Å². The molecular weight excluding hydrogens is 234 g/mol. The lowest BCUT2D eigenvalue weighted by atomic mass is 9.84. The van der Waals surface area contributed by atoms with Crippen molar-refractivity contribution in [3.8, 4) is 0 Å². The normalized spacial score (nSPS) is 36.5. The van der Waals surface area contributed by atoms with E-state index in [1.54, 1.807) is 0 Å². The molecule has 0 radical (unpaired) electrons. The van der Waals surface area contributed by atoms with Gasteiger partial charge < -0.3 is 5.11 Å². The van der Waals surface area contributed by atoms with E-state index in [0.717, 1.165) is 25.4 Å². The van der Waals surface area contributed by atoms with Gasteiger partial charge in [-0.3, -0.25) is 4.90 Å². The smallest absolute Gasteiger partial charge is 0.0695 e. The van der Waals surface area contributed by atoms with E-state index < -0.39 is 0 Å². The highest BCUT2D eigenvalue weighted by atomic mass is 16.3. The molecule has 2 fully saturated rings. The number of hydrogen-bond acceptors (Lipinski definition) is 2. The van der Waals surface area contributed by atoms with Crippen LogP contribution in [-0.2, 0) is 0 Å². The Balaban J connectivity index is 1.65. The lowest BCUT2D eigenvalue weighted by molar-refractivity contribution is 0.0156. The van der Waals surface area contributed by atoms with Gasteiger partial charge >= 0.3 is 0 Å². The van der Waals surface area contributed by atoms with Crippen LogP contribution in [0.25, 0.3) is 0 Å². The van der Waals surface area contributed by atoms with Crippen LogP contribution in [0.15, 0.2) is 30.3 Å². The van der Waals surface area contributed by atoms with Gasteiger partial charge in [0.05, 0.1) is 6.10 Å². The summed E-state index contributed by atoms with van der Waals surface area (Å²) in [6.45, 7) is 4.59. The molecule has 1 saturated heterocycles. The number of rotatable bonds is 2. The fourth-order valence-corrected chi connectivity index (χ4v) is 3.81. The Morgan fingerprint density at radius 2 is 1.89 bits per heavy atom. The zero-order chi connectivity index (χ0) is 13.2. The zero-order valence-corrected chi connectivity index (χ0v) is 11.8. The van der Waals surface area contributed by atoms with Crippen LogP contribution in [0.1, 0.15) is 44.1 Å². The van der Waals surface area contributed by atoms with Gasteiger partial charge in [0.15, 0.2) is 0 Å². The van der Waals surface area contributed by atoms with Crippen LogP contribution in [0.3, 0.4) is 0 Å². The fourth-order valence-electron chi connectivity index (χ4n) is 3.81. The molecule has 19 heavy (non-hydrogen) atoms. The van der Waals surface area contributed by atoms with Gasteiger partial charge in [-0.25, -0.2) is 0 Å². The highest BCUT2D eigenvalue weighted by molar-refractivity contribution is 5.21. The van der Waals surface area contributed by atoms with Crippen molar-refractivity contribution in [1.29, 1.82) is 0 Å². The Morgan fingerprint density at radius 1 is 1.11 bits per heavy atom. The zero-order valence-electron chi connectivity index (χ0n) is 11.8. The van der Waals surface area contributed by atoms with Gasteiger partial charge in [-0.05, 0) is 49.6 Å². The number of nitrogens with zero attached hydrogens (tertiary/aromatic N) is 1. The lowest BCUT2D eigenvalue weighted by Gasteiger charge is -2.38. The standard InChI is InChI=1S/C17H25NO/c1-13-7-8-17(19)16(11-13)18-10-9-15(12-18)14-5-3-2-4-6-14/h2-6,13,15-17,19H,7-12H2,1H3. The predicted molar refractivity (Wildman–Crippen MR) is 78.2 cm³/mol. The SMILES string of the molecule is CC1CCC(O)C(N2CCC(c3ccccc3)C2)C1. The Kier molecular flexibility index (Phi) is 3.90. The first-order chi connectivity index (χ1) is 9.24. The first-order valence-electron chi connectivity index (χ1n) is 7.71. The van der Waals surface area contributed by atoms with Crippen LogP contribution < -0.4 is 0 Å². The maximum Gasteiger partial charge on any atom is 0.0695 e. The van der Waals surface area contributed by atoms with Crippen LogP contribution in [0.4, 0.5) is 0 Å². The van der Waals surface area contributed by atoms with Gasteiger partial charge in [0.1, 0.15) is 0 Å². The third kappa shape index (κ3) is 2.85. The molecule has 1 aromatic rings. The summed E-state index contributed by atoms with van der Waals surface area (Å²) < 4.78 is 0. The molecular formula is C17H25NO. The molecule has 3 rings (SSSR count). The fraction of sp³-hybridized carbons (Fsp3) is 0.647. The van der Waals surface area contributed by atoms with E-state index >= 15 is 0 Å². The van der Waals surface area contributed by atoms with Crippen molar-refractivity contribution >= 4 is 0 Å². The summed E-state index contributed by atoms with van der Waals surface area (Å²) in [6.07, 6.45) is 4.47. The van der Waals surface area contributed by atoms with E-state index in [-0.39, 0.29) is 6.10 Å². The molecule has 2 aliphatic rings. The Morgan fingerprint density at radius 3 is 2.68 bits per heavy atom. The van der Waals surface area contributed by atoms with Crippen LogP contribution in [0.5, 0.6) is 0 Å². The Bertz CT molecular complexity index is 405. The second kappa shape index (κ2) is 5.64. The maximum absolute atomic E-state index is 10.3. The van der Waals surface area contributed by atoms with Crippen molar-refractivity contribution in [1.82, 2.24) is 4.90 Å². The summed E-state index contributed by atoms with van der Waals surface area (Å²) in [7, 11) is 0. The molecule has 1 aliphatic carbocycles. The molecule has 2 heteroatoms. The second-order valence-corrected chi connectivity index (χ2v) is 6.44. The van der Waals surface area contributed by atoms with E-state index in [2.05, 4.69) is 42.2 Å². The average Bonchev–Trinajstić information content (AvgIpc) is 2.92. The van der Waals surface area contributed by atoms with Crippen molar-refractivity contribution in [2.24, 2.45) is 5.92 Å². The first kappa shape index (κ1) is 13.1. The summed E-state index contributed by atoms with van der Waals surface area (Å²) in [6, 6.07) is 11.2. The molecule has 2 nitrogen and oxygen atoms in total. The van der Waals surface area contributed by atoms with Crippen LogP contribution in [-0.4, -0.2) is 35.2 Å². The molecule has 104 valence electrons. The van der Waals surface area contributed by atoms with Crippen LogP contribution in [0, 0.1) is 5.92 Å². The van der Waals surface area contributed by atoms with Crippen molar-refractivity contribution in [3.05, 3.63) is 35.9 Å². The van der Waals surface area contributed by atoms with E-state index in [1.165, 1.54) is 24.8 Å². The minimum atomic E-state index is -0.106. The number of aliphatic hydroxyl groups is 1. The molecule has 1 aliphatic heterocycles. The molecule has 1 heterocycles. The van der Waals surface area contributed by atoms with Crippen LogP contribution >= 0.6 is 0 Å². The molecule has 4 unspecified atom stereocenters. The van der Waals surface area contributed by atoms with Crippen molar-refractivity contribution in [2.45, 2.75) is 50.7 Å². The van der Waals surface area contributed by atoms with Gasteiger partial charge in [0, 0.05) is 12.6 Å². The van der Waals surface area contributed by atoms with Crippen molar-refractivity contribution in [3.63, 3.8) is 0 Å². The molecule has 1 N–H and O–H groups in total. The Hall–Kier alpha value is -0.860. The molecule has 0 bridgehead atoms. The first-order valence-corrected chi connectivity index (χ1v) is 7.71. The largest absolute Gasteiger partial charge is 0.391 e. The highest BCUT2D eigenvalue weighted by Crippen LogP contribution is 2.34. The minimum Gasteiger partial charge on any atom is -0.391 e. The summed E-state index contributed by atoms with van der Waals surface area (Å²) in [5.41, 5.74) is 1.46. The quantitative estimate of drug-likeness (QED) is 0.882. The van der Waals surface area contributed by atoms with Gasteiger partial charge in [-0.2, -0.15) is 0 Å². The molecule has 4 atom stereocenters. The maximum atomic E-state index is 10.3. The molecule has 0 amide bonds. The third-order valence-corrected chi connectivity index (χ3v) is 5.00. The minimum absolute atomic E-state index is 0.106. The van der Waals surface area contributed by atoms with E-state index in [9.17, 15) is 5.11 Å². The Labute approximate surface area is 116 Å². The number of hydrogen-bond donors (Lipinski definition) is 1. The predicted octanol–water partition coefficient (Wildman–Crippen LogP) is 3.03. The average molecular weight is 259 g/mol. The molecule has 0 spiro atoms. The summed E-state index contributed by atoms with van der Waals surface area (Å²) >= 11 is 0. The van der Waals surface area contributed by atoms with Gasteiger partial charge in [0.2, 0.25) is 0 Å². The molecule has 0 aromatic heterocycles. The van der Waals surface area contributed by atoms with Gasteiger partial charge in [-0.1, -0.05) is 37.3 Å². The lowest BCUT2D eigenvalue weighted by Crippen LogP contribution is -2.45. The van der Waals surface area contributed by atoms with Crippen molar-refractivity contribution < 1.29 is 5.11 Å². The van der Waals surface area contributed by atoms with Gasteiger partial charge in [-0.15, -0.1) is 0 Å². The second-order valence-electron chi connectivity index (χ2n) is 6.44. The summed E-state index contributed by atoms with van der Waals surface area (Å²) in [4.78, 5) is 2.54. The van der Waals surface area contributed by atoms with E-state index in [1.807, 2.05) is 0 Å². The van der Waals surface area contributed by atoms with Crippen molar-refractivity contribution in [2.75, 3.05) is 13.1 Å². The highest BCUT2D eigenvalue weighted by Gasteiger charge is 2.35. The summed E-state index contributed by atoms with van der Waals surface area (Å²) in [5.74, 6) is 1.43.